The summed E-state index contributed by atoms with van der Waals surface area (Å²) in [6, 6.07) is 19.8. The molecule has 0 spiro atoms. The first-order chi connectivity index (χ1) is 15.5. The van der Waals surface area contributed by atoms with Crippen LogP contribution in [0.3, 0.4) is 0 Å². The number of halogens is 2. The van der Waals surface area contributed by atoms with Crippen molar-refractivity contribution in [3.05, 3.63) is 84.4 Å². The molecule has 1 aromatic heterocycles. The zero-order valence-corrected chi connectivity index (χ0v) is 17.8. The maximum absolute atomic E-state index is 13.8. The highest BCUT2D eigenvalue weighted by Gasteiger charge is 2.18. The third-order valence-electron chi connectivity index (χ3n) is 4.53. The summed E-state index contributed by atoms with van der Waals surface area (Å²) in [6.45, 7) is 0. The van der Waals surface area contributed by atoms with Crippen LogP contribution in [-0.2, 0) is 4.79 Å². The largest absolute Gasteiger partial charge is 0.497 e. The normalized spacial score (nSPS) is 10.7. The van der Waals surface area contributed by atoms with Gasteiger partial charge in [0.25, 0.3) is 0 Å². The number of para-hydroxylation sites is 1. The molecule has 162 valence electrons. The van der Waals surface area contributed by atoms with Gasteiger partial charge in [0, 0.05) is 17.3 Å². The standard InChI is InChI=1S/C23H18F2N4O2S/c1-31-18-10-7-15(8-11-18)22-27-28-23(29(22)17-5-3-2-4-6-17)32-14-21(30)26-20-13-16(24)9-12-19(20)25/h2-13H,14H2,1H3,(H,26,30). The molecule has 0 radical (unpaired) electrons. The molecule has 1 heterocycles. The van der Waals surface area contributed by atoms with E-state index in [1.807, 2.05) is 59.2 Å². The summed E-state index contributed by atoms with van der Waals surface area (Å²) in [5.41, 5.74) is 1.43. The van der Waals surface area contributed by atoms with E-state index in [0.717, 1.165) is 47.0 Å². The summed E-state index contributed by atoms with van der Waals surface area (Å²) < 4.78 is 34.2. The Hall–Kier alpha value is -3.72. The smallest absolute Gasteiger partial charge is 0.234 e. The lowest BCUT2D eigenvalue weighted by atomic mass is 10.2. The number of nitrogens with zero attached hydrogens (tertiary/aromatic N) is 3. The number of carbonyl (C=O) groups is 1. The molecule has 0 saturated carbocycles. The van der Waals surface area contributed by atoms with Gasteiger partial charge in [-0.15, -0.1) is 10.2 Å². The number of amides is 1. The van der Waals surface area contributed by atoms with Crippen LogP contribution in [0.15, 0.2) is 78.0 Å². The van der Waals surface area contributed by atoms with E-state index >= 15 is 0 Å². The number of hydrogen-bond acceptors (Lipinski definition) is 5. The number of ether oxygens (including phenoxy) is 1. The average molecular weight is 452 g/mol. The minimum Gasteiger partial charge on any atom is -0.497 e. The van der Waals surface area contributed by atoms with Crippen LogP contribution in [0, 0.1) is 11.6 Å². The number of methoxy groups -OCH3 is 1. The summed E-state index contributed by atoms with van der Waals surface area (Å²) in [4.78, 5) is 12.4. The molecular weight excluding hydrogens is 434 g/mol. The lowest BCUT2D eigenvalue weighted by molar-refractivity contribution is -0.113. The second-order valence-corrected chi connectivity index (χ2v) is 7.61. The fraction of sp³-hybridized carbons (Fsp3) is 0.0870. The Balaban J connectivity index is 1.59. The van der Waals surface area contributed by atoms with Gasteiger partial charge in [-0.3, -0.25) is 9.36 Å². The van der Waals surface area contributed by atoms with Crippen LogP contribution >= 0.6 is 11.8 Å². The van der Waals surface area contributed by atoms with Crippen LogP contribution in [0.4, 0.5) is 14.5 Å². The molecule has 0 unspecified atom stereocenters. The average Bonchev–Trinajstić information content (AvgIpc) is 3.24. The van der Waals surface area contributed by atoms with Gasteiger partial charge in [0.05, 0.1) is 18.6 Å². The third kappa shape index (κ3) is 4.78. The first-order valence-electron chi connectivity index (χ1n) is 9.58. The van der Waals surface area contributed by atoms with Crippen molar-refractivity contribution in [1.29, 1.82) is 0 Å². The van der Waals surface area contributed by atoms with Crippen molar-refractivity contribution in [2.75, 3.05) is 18.2 Å². The van der Waals surface area contributed by atoms with E-state index in [4.69, 9.17) is 4.74 Å². The molecule has 0 aliphatic heterocycles. The van der Waals surface area contributed by atoms with Gasteiger partial charge in [-0.2, -0.15) is 0 Å². The number of hydrogen-bond donors (Lipinski definition) is 1. The molecule has 4 rings (SSSR count). The molecule has 6 nitrogen and oxygen atoms in total. The van der Waals surface area contributed by atoms with Crippen LogP contribution in [0.5, 0.6) is 5.75 Å². The molecule has 9 heteroatoms. The molecule has 1 amide bonds. The van der Waals surface area contributed by atoms with Crippen molar-refractivity contribution in [3.63, 3.8) is 0 Å². The number of aromatic nitrogens is 3. The van der Waals surface area contributed by atoms with E-state index in [1.165, 1.54) is 0 Å². The zero-order chi connectivity index (χ0) is 22.5. The second-order valence-electron chi connectivity index (χ2n) is 6.67. The van der Waals surface area contributed by atoms with E-state index in [0.29, 0.717) is 11.0 Å². The number of anilines is 1. The molecule has 0 atom stereocenters. The molecule has 0 saturated heterocycles. The Morgan fingerprint density at radius 3 is 2.50 bits per heavy atom. The van der Waals surface area contributed by atoms with E-state index in [1.54, 1.807) is 7.11 Å². The van der Waals surface area contributed by atoms with Crippen LogP contribution < -0.4 is 10.1 Å². The Labute approximate surface area is 187 Å². The molecule has 0 fully saturated rings. The van der Waals surface area contributed by atoms with Gasteiger partial charge in [-0.05, 0) is 48.5 Å². The van der Waals surface area contributed by atoms with Crippen molar-refractivity contribution in [2.24, 2.45) is 0 Å². The molecule has 3 aromatic carbocycles. The van der Waals surface area contributed by atoms with Crippen LogP contribution in [-0.4, -0.2) is 33.5 Å². The van der Waals surface area contributed by atoms with Crippen molar-refractivity contribution in [2.45, 2.75) is 5.16 Å². The highest BCUT2D eigenvalue weighted by molar-refractivity contribution is 7.99. The Bertz CT molecular complexity index is 1230. The summed E-state index contributed by atoms with van der Waals surface area (Å²) in [7, 11) is 1.59. The summed E-state index contributed by atoms with van der Waals surface area (Å²) in [5, 5.41) is 11.4. The summed E-state index contributed by atoms with van der Waals surface area (Å²) in [6.07, 6.45) is 0. The minimum absolute atomic E-state index is 0.0659. The number of thioether (sulfide) groups is 1. The maximum atomic E-state index is 13.8. The lowest BCUT2D eigenvalue weighted by Gasteiger charge is -2.11. The minimum atomic E-state index is -0.709. The summed E-state index contributed by atoms with van der Waals surface area (Å²) in [5.74, 6) is -0.591. The maximum Gasteiger partial charge on any atom is 0.234 e. The first kappa shape index (κ1) is 21.5. The third-order valence-corrected chi connectivity index (χ3v) is 5.46. The fourth-order valence-electron chi connectivity index (χ4n) is 3.01. The lowest BCUT2D eigenvalue weighted by Crippen LogP contribution is -2.15. The van der Waals surface area contributed by atoms with Crippen molar-refractivity contribution in [1.82, 2.24) is 14.8 Å². The number of carbonyl (C=O) groups excluding carboxylic acids is 1. The summed E-state index contributed by atoms with van der Waals surface area (Å²) >= 11 is 1.14. The van der Waals surface area contributed by atoms with Crippen molar-refractivity contribution < 1.29 is 18.3 Å². The first-order valence-corrected chi connectivity index (χ1v) is 10.6. The van der Waals surface area contributed by atoms with E-state index in [-0.39, 0.29) is 11.4 Å². The predicted octanol–water partition coefficient (Wildman–Crippen LogP) is 4.95. The van der Waals surface area contributed by atoms with Gasteiger partial charge in [0.1, 0.15) is 17.4 Å². The van der Waals surface area contributed by atoms with Gasteiger partial charge in [-0.1, -0.05) is 30.0 Å². The molecule has 32 heavy (non-hydrogen) atoms. The van der Waals surface area contributed by atoms with Gasteiger partial charge in [0.15, 0.2) is 11.0 Å². The van der Waals surface area contributed by atoms with Crippen LogP contribution in [0.2, 0.25) is 0 Å². The number of rotatable bonds is 7. The van der Waals surface area contributed by atoms with Gasteiger partial charge >= 0.3 is 0 Å². The monoisotopic (exact) mass is 452 g/mol. The van der Waals surface area contributed by atoms with Gasteiger partial charge in [0.2, 0.25) is 5.91 Å². The van der Waals surface area contributed by atoms with Gasteiger partial charge in [-0.25, -0.2) is 8.78 Å². The van der Waals surface area contributed by atoms with Gasteiger partial charge < -0.3 is 10.1 Å². The van der Waals surface area contributed by atoms with Crippen LogP contribution in [0.25, 0.3) is 17.1 Å². The van der Waals surface area contributed by atoms with Crippen molar-refractivity contribution >= 4 is 23.4 Å². The van der Waals surface area contributed by atoms with Crippen LogP contribution in [0.1, 0.15) is 0 Å². The fourth-order valence-corrected chi connectivity index (χ4v) is 3.76. The molecule has 0 aliphatic carbocycles. The Morgan fingerprint density at radius 2 is 1.78 bits per heavy atom. The SMILES string of the molecule is COc1ccc(-c2nnc(SCC(=O)Nc3cc(F)ccc3F)n2-c2ccccc2)cc1. The topological polar surface area (TPSA) is 69.0 Å². The van der Waals surface area contributed by atoms with E-state index in [2.05, 4.69) is 15.5 Å². The van der Waals surface area contributed by atoms with Crippen molar-refractivity contribution in [3.8, 4) is 22.8 Å². The second kappa shape index (κ2) is 9.61. The number of benzene rings is 3. The number of nitrogens with one attached hydrogen (secondary N) is 1. The Kier molecular flexibility index (Phi) is 6.46. The molecular formula is C23H18F2N4O2S. The molecule has 0 aliphatic rings. The molecule has 1 N–H and O–H groups in total. The Morgan fingerprint density at radius 1 is 1.03 bits per heavy atom. The van der Waals surface area contributed by atoms with E-state index < -0.39 is 17.5 Å². The highest BCUT2D eigenvalue weighted by Crippen LogP contribution is 2.29. The molecule has 4 aromatic rings. The molecule has 0 bridgehead atoms. The highest BCUT2D eigenvalue weighted by atomic mass is 32.2. The zero-order valence-electron chi connectivity index (χ0n) is 17.0. The predicted molar refractivity (Wildman–Crippen MR) is 119 cm³/mol. The van der Waals surface area contributed by atoms with E-state index in [9.17, 15) is 13.6 Å². The quantitative estimate of drug-likeness (QED) is 0.402.